The molecule has 3 rings (SSSR count). The number of hydrogen-bond acceptors (Lipinski definition) is 5. The second kappa shape index (κ2) is 4.96. The molecular formula is C15H17N3O3. The number of aliphatic hydroxyl groups is 1. The van der Waals surface area contributed by atoms with Crippen LogP contribution in [0.1, 0.15) is 25.0 Å². The van der Waals surface area contributed by atoms with Crippen LogP contribution in [0.4, 0.5) is 11.4 Å². The number of aromatic nitrogens is 1. The van der Waals surface area contributed by atoms with Crippen molar-refractivity contribution in [2.45, 2.75) is 31.8 Å². The number of nitrogens with zero attached hydrogens (tertiary/aromatic N) is 2. The standard InChI is InChI=1S/C15H17N3O3/c1-10-7-11-12(8-16-10)14(18(20)21)4-3-13(11)17-9-15(19)5-2-6-15/h3-4,7-8,17,19H,2,5-6,9H2,1H3. The molecular weight excluding hydrogens is 270 g/mol. The van der Waals surface area contributed by atoms with Crippen molar-refractivity contribution in [1.82, 2.24) is 4.98 Å². The first-order valence-corrected chi connectivity index (χ1v) is 6.99. The summed E-state index contributed by atoms with van der Waals surface area (Å²) in [6, 6.07) is 5.00. The summed E-state index contributed by atoms with van der Waals surface area (Å²) < 4.78 is 0. The van der Waals surface area contributed by atoms with Crippen molar-refractivity contribution in [1.29, 1.82) is 0 Å². The second-order valence-electron chi connectivity index (χ2n) is 5.69. The Balaban J connectivity index is 2.00. The minimum absolute atomic E-state index is 0.0467. The van der Waals surface area contributed by atoms with E-state index in [-0.39, 0.29) is 5.69 Å². The van der Waals surface area contributed by atoms with Gasteiger partial charge in [0.25, 0.3) is 5.69 Å². The largest absolute Gasteiger partial charge is 0.388 e. The van der Waals surface area contributed by atoms with Gasteiger partial charge in [0, 0.05) is 35.6 Å². The molecule has 0 radical (unpaired) electrons. The summed E-state index contributed by atoms with van der Waals surface area (Å²) >= 11 is 0. The fourth-order valence-corrected chi connectivity index (χ4v) is 2.66. The summed E-state index contributed by atoms with van der Waals surface area (Å²) in [4.78, 5) is 14.8. The quantitative estimate of drug-likeness (QED) is 0.666. The summed E-state index contributed by atoms with van der Waals surface area (Å²) in [6.45, 7) is 2.31. The molecule has 1 fully saturated rings. The monoisotopic (exact) mass is 287 g/mol. The molecule has 1 aromatic carbocycles. The van der Waals surface area contributed by atoms with Crippen molar-refractivity contribution < 1.29 is 10.0 Å². The fourth-order valence-electron chi connectivity index (χ4n) is 2.66. The van der Waals surface area contributed by atoms with Crippen LogP contribution in [0.3, 0.4) is 0 Å². The van der Waals surface area contributed by atoms with Gasteiger partial charge in [-0.15, -0.1) is 0 Å². The van der Waals surface area contributed by atoms with Crippen LogP contribution in [0.15, 0.2) is 24.4 Å². The highest BCUT2D eigenvalue weighted by Crippen LogP contribution is 2.34. The van der Waals surface area contributed by atoms with Crippen LogP contribution in [0, 0.1) is 17.0 Å². The average molecular weight is 287 g/mol. The van der Waals surface area contributed by atoms with E-state index in [1.165, 1.54) is 12.3 Å². The number of hydrogen-bond donors (Lipinski definition) is 2. The molecule has 1 aliphatic carbocycles. The number of fused-ring (bicyclic) bond motifs is 1. The number of nitro benzene ring substituents is 1. The van der Waals surface area contributed by atoms with Gasteiger partial charge in [0.2, 0.25) is 0 Å². The summed E-state index contributed by atoms with van der Waals surface area (Å²) in [7, 11) is 0. The molecule has 0 atom stereocenters. The highest BCUT2D eigenvalue weighted by Gasteiger charge is 2.34. The molecule has 0 spiro atoms. The summed E-state index contributed by atoms with van der Waals surface area (Å²) in [5, 5.41) is 25.8. The zero-order chi connectivity index (χ0) is 15.0. The maximum Gasteiger partial charge on any atom is 0.278 e. The second-order valence-corrected chi connectivity index (χ2v) is 5.69. The number of rotatable bonds is 4. The number of aryl methyl sites for hydroxylation is 1. The minimum atomic E-state index is -0.643. The normalized spacial score (nSPS) is 16.5. The fraction of sp³-hybridized carbons (Fsp3) is 0.400. The Hall–Kier alpha value is -2.21. The molecule has 0 bridgehead atoms. The van der Waals surface area contributed by atoms with E-state index in [1.54, 1.807) is 6.07 Å². The Morgan fingerprint density at radius 3 is 2.81 bits per heavy atom. The van der Waals surface area contributed by atoms with Crippen LogP contribution < -0.4 is 5.32 Å². The van der Waals surface area contributed by atoms with Crippen molar-refractivity contribution in [2.24, 2.45) is 0 Å². The Morgan fingerprint density at radius 2 is 2.19 bits per heavy atom. The van der Waals surface area contributed by atoms with Crippen LogP contribution in [-0.4, -0.2) is 27.2 Å². The maximum absolute atomic E-state index is 11.1. The van der Waals surface area contributed by atoms with Crippen molar-refractivity contribution in [2.75, 3.05) is 11.9 Å². The van der Waals surface area contributed by atoms with Crippen molar-refractivity contribution in [3.63, 3.8) is 0 Å². The Bertz CT molecular complexity index is 711. The predicted octanol–water partition coefficient (Wildman–Crippen LogP) is 2.78. The topological polar surface area (TPSA) is 88.3 Å². The molecule has 21 heavy (non-hydrogen) atoms. The molecule has 6 heteroatoms. The van der Waals surface area contributed by atoms with E-state index in [0.29, 0.717) is 11.9 Å². The lowest BCUT2D eigenvalue weighted by Crippen LogP contribution is -2.43. The Morgan fingerprint density at radius 1 is 1.43 bits per heavy atom. The lowest BCUT2D eigenvalue weighted by molar-refractivity contribution is -0.383. The number of non-ortho nitro benzene ring substituents is 1. The Kier molecular flexibility index (Phi) is 3.25. The van der Waals surface area contributed by atoms with E-state index >= 15 is 0 Å². The summed E-state index contributed by atoms with van der Waals surface area (Å²) in [5.74, 6) is 0. The molecule has 6 nitrogen and oxygen atoms in total. The molecule has 110 valence electrons. The van der Waals surface area contributed by atoms with Gasteiger partial charge >= 0.3 is 0 Å². The maximum atomic E-state index is 11.1. The van der Waals surface area contributed by atoms with Crippen LogP contribution in [0.25, 0.3) is 10.8 Å². The number of nitro groups is 1. The first-order valence-electron chi connectivity index (χ1n) is 6.99. The minimum Gasteiger partial charge on any atom is -0.388 e. The smallest absolute Gasteiger partial charge is 0.278 e. The average Bonchev–Trinajstić information content (AvgIpc) is 2.42. The molecule has 0 unspecified atom stereocenters. The molecule has 1 saturated carbocycles. The molecule has 0 aliphatic heterocycles. The summed E-state index contributed by atoms with van der Waals surface area (Å²) in [6.07, 6.45) is 4.17. The highest BCUT2D eigenvalue weighted by molar-refractivity contribution is 5.99. The highest BCUT2D eigenvalue weighted by atomic mass is 16.6. The van der Waals surface area contributed by atoms with Gasteiger partial charge in [0.1, 0.15) is 0 Å². The molecule has 2 aromatic rings. The van der Waals surface area contributed by atoms with Gasteiger partial charge in [-0.1, -0.05) is 0 Å². The summed E-state index contributed by atoms with van der Waals surface area (Å²) in [5.41, 5.74) is 0.996. The van der Waals surface area contributed by atoms with Crippen LogP contribution >= 0.6 is 0 Å². The lowest BCUT2D eigenvalue weighted by atomic mass is 9.80. The first-order chi connectivity index (χ1) is 9.98. The zero-order valence-corrected chi connectivity index (χ0v) is 11.8. The molecule has 1 heterocycles. The van der Waals surface area contributed by atoms with Crippen molar-refractivity contribution in [3.8, 4) is 0 Å². The molecule has 1 aliphatic rings. The van der Waals surface area contributed by atoms with Gasteiger partial charge in [-0.3, -0.25) is 15.1 Å². The van der Waals surface area contributed by atoms with Crippen LogP contribution in [0.2, 0.25) is 0 Å². The van der Waals surface area contributed by atoms with Gasteiger partial charge < -0.3 is 10.4 Å². The van der Waals surface area contributed by atoms with Gasteiger partial charge in [-0.05, 0) is 38.3 Å². The van der Waals surface area contributed by atoms with Gasteiger partial charge in [-0.2, -0.15) is 0 Å². The van der Waals surface area contributed by atoms with Gasteiger partial charge in [0.15, 0.2) is 0 Å². The van der Waals surface area contributed by atoms with E-state index in [1.807, 2.05) is 13.0 Å². The van der Waals surface area contributed by atoms with E-state index in [9.17, 15) is 15.2 Å². The molecule has 1 aromatic heterocycles. The zero-order valence-electron chi connectivity index (χ0n) is 11.8. The van der Waals surface area contributed by atoms with E-state index in [0.717, 1.165) is 36.0 Å². The molecule has 0 amide bonds. The predicted molar refractivity (Wildman–Crippen MR) is 80.4 cm³/mol. The van der Waals surface area contributed by atoms with E-state index < -0.39 is 10.5 Å². The lowest BCUT2D eigenvalue weighted by Gasteiger charge is -2.37. The van der Waals surface area contributed by atoms with Crippen LogP contribution in [-0.2, 0) is 0 Å². The van der Waals surface area contributed by atoms with Gasteiger partial charge in [0.05, 0.1) is 15.9 Å². The SMILES string of the molecule is Cc1cc2c(NCC3(O)CCC3)ccc([N+](=O)[O-])c2cn1. The molecule has 2 N–H and O–H groups in total. The third-order valence-electron chi connectivity index (χ3n) is 4.10. The van der Waals surface area contributed by atoms with Crippen molar-refractivity contribution in [3.05, 3.63) is 40.2 Å². The molecule has 0 saturated heterocycles. The Labute approximate surface area is 122 Å². The van der Waals surface area contributed by atoms with Crippen molar-refractivity contribution >= 4 is 22.1 Å². The van der Waals surface area contributed by atoms with Gasteiger partial charge in [-0.25, -0.2) is 0 Å². The number of pyridine rings is 1. The van der Waals surface area contributed by atoms with Crippen LogP contribution in [0.5, 0.6) is 0 Å². The van der Waals surface area contributed by atoms with E-state index in [2.05, 4.69) is 10.3 Å². The first kappa shape index (κ1) is 13.8. The van der Waals surface area contributed by atoms with E-state index in [4.69, 9.17) is 0 Å². The third-order valence-corrected chi connectivity index (χ3v) is 4.10. The number of anilines is 1. The number of nitrogens with one attached hydrogen (secondary N) is 1. The third kappa shape index (κ3) is 2.54. The number of benzene rings is 1.